The lowest BCUT2D eigenvalue weighted by molar-refractivity contribution is 0.164. The third-order valence-electron chi connectivity index (χ3n) is 2.98. The van der Waals surface area contributed by atoms with E-state index in [1.165, 1.54) is 11.3 Å². The lowest BCUT2D eigenvalue weighted by Crippen LogP contribution is -2.49. The Morgan fingerprint density at radius 1 is 1.50 bits per heavy atom. The van der Waals surface area contributed by atoms with Crippen molar-refractivity contribution in [1.82, 2.24) is 15.2 Å². The molecule has 0 radical (unpaired) electrons. The number of halogens is 1. The molecule has 1 fully saturated rings. The fourth-order valence-corrected chi connectivity index (χ4v) is 1.92. The maximum Gasteiger partial charge on any atom is 0.0544 e. The third kappa shape index (κ3) is 3.44. The van der Waals surface area contributed by atoms with Crippen molar-refractivity contribution in [3.8, 4) is 0 Å². The van der Waals surface area contributed by atoms with Crippen molar-refractivity contribution in [3.05, 3.63) is 29.6 Å². The van der Waals surface area contributed by atoms with Crippen LogP contribution >= 0.6 is 12.4 Å². The van der Waals surface area contributed by atoms with Crippen molar-refractivity contribution in [1.29, 1.82) is 0 Å². The highest BCUT2D eigenvalue weighted by molar-refractivity contribution is 5.85. The lowest BCUT2D eigenvalue weighted by Gasteiger charge is -2.33. The Kier molecular flexibility index (Phi) is 5.19. The van der Waals surface area contributed by atoms with Gasteiger partial charge in [-0.1, -0.05) is 6.07 Å². The summed E-state index contributed by atoms with van der Waals surface area (Å²) in [5, 5.41) is 3.40. The highest BCUT2D eigenvalue weighted by atomic mass is 35.5. The Morgan fingerprint density at radius 3 is 2.94 bits per heavy atom. The number of aryl methyl sites for hydroxylation is 1. The van der Waals surface area contributed by atoms with Crippen molar-refractivity contribution in [2.75, 3.05) is 19.6 Å². The molecule has 1 aliphatic rings. The molecule has 1 atom stereocenters. The van der Waals surface area contributed by atoms with Crippen LogP contribution in [0.1, 0.15) is 18.2 Å². The Bertz CT molecular complexity index is 313. The number of piperazine rings is 1. The zero-order valence-corrected chi connectivity index (χ0v) is 10.8. The third-order valence-corrected chi connectivity index (χ3v) is 2.98. The number of nitrogens with zero attached hydrogens (tertiary/aromatic N) is 2. The molecular weight excluding hydrogens is 222 g/mol. The molecule has 0 bridgehead atoms. The van der Waals surface area contributed by atoms with E-state index in [0.717, 1.165) is 26.2 Å². The van der Waals surface area contributed by atoms with E-state index in [1.807, 2.05) is 6.20 Å². The minimum absolute atomic E-state index is 0. The molecule has 90 valence electrons. The minimum Gasteiger partial charge on any atom is -0.314 e. The number of pyridine rings is 1. The fraction of sp³-hybridized carbons (Fsp3) is 0.583. The van der Waals surface area contributed by atoms with Crippen LogP contribution in [0.25, 0.3) is 0 Å². The average Bonchev–Trinajstić information content (AvgIpc) is 2.25. The predicted octanol–water partition coefficient (Wildman–Crippen LogP) is 1.61. The summed E-state index contributed by atoms with van der Waals surface area (Å²) in [6, 6.07) is 4.88. The molecule has 3 nitrogen and oxygen atoms in total. The number of hydrogen-bond acceptors (Lipinski definition) is 3. The fourth-order valence-electron chi connectivity index (χ4n) is 1.92. The van der Waals surface area contributed by atoms with E-state index in [9.17, 15) is 0 Å². The van der Waals surface area contributed by atoms with Gasteiger partial charge in [-0.2, -0.15) is 0 Å². The van der Waals surface area contributed by atoms with Gasteiger partial charge in [-0.15, -0.1) is 12.4 Å². The second-order valence-corrected chi connectivity index (χ2v) is 4.35. The largest absolute Gasteiger partial charge is 0.314 e. The molecule has 1 aromatic heterocycles. The molecular formula is C12H20ClN3. The van der Waals surface area contributed by atoms with Crippen LogP contribution in [-0.4, -0.2) is 35.6 Å². The first-order valence-corrected chi connectivity index (χ1v) is 5.62. The molecule has 0 spiro atoms. The molecule has 0 aliphatic carbocycles. The molecule has 0 amide bonds. The highest BCUT2D eigenvalue weighted by Crippen LogP contribution is 2.08. The lowest BCUT2D eigenvalue weighted by atomic mass is 10.2. The van der Waals surface area contributed by atoms with Gasteiger partial charge in [0.15, 0.2) is 0 Å². The van der Waals surface area contributed by atoms with Crippen molar-refractivity contribution < 1.29 is 0 Å². The molecule has 0 aromatic carbocycles. The Hall–Kier alpha value is -0.640. The standard InChI is InChI=1S/C12H19N3.ClH/c1-10-3-4-12(14-7-10)9-15-6-5-13-8-11(15)2;/h3-4,7,11,13H,5-6,8-9H2,1-2H3;1H/t11-;/m0./s1. The van der Waals surface area contributed by atoms with Crippen LogP contribution in [0.4, 0.5) is 0 Å². The monoisotopic (exact) mass is 241 g/mol. The maximum absolute atomic E-state index is 4.44. The number of nitrogens with one attached hydrogen (secondary N) is 1. The number of hydrogen-bond donors (Lipinski definition) is 1. The molecule has 0 unspecified atom stereocenters. The van der Waals surface area contributed by atoms with Crippen molar-refractivity contribution in [3.63, 3.8) is 0 Å². The molecule has 1 aromatic rings. The van der Waals surface area contributed by atoms with Gasteiger partial charge in [0.05, 0.1) is 5.69 Å². The van der Waals surface area contributed by atoms with E-state index in [2.05, 4.69) is 41.2 Å². The summed E-state index contributed by atoms with van der Waals surface area (Å²) in [6.07, 6.45) is 1.95. The molecule has 0 saturated carbocycles. The second kappa shape index (κ2) is 6.18. The van der Waals surface area contributed by atoms with Crippen molar-refractivity contribution >= 4 is 12.4 Å². The SMILES string of the molecule is Cc1ccc(CN2CCNC[C@@H]2C)nc1.Cl. The van der Waals surface area contributed by atoms with E-state index < -0.39 is 0 Å². The molecule has 1 N–H and O–H groups in total. The molecule has 1 aliphatic heterocycles. The zero-order valence-electron chi connectivity index (χ0n) is 9.94. The molecule has 16 heavy (non-hydrogen) atoms. The van der Waals surface area contributed by atoms with Gasteiger partial charge >= 0.3 is 0 Å². The molecule has 2 rings (SSSR count). The molecule has 4 heteroatoms. The van der Waals surface area contributed by atoms with Crippen molar-refractivity contribution in [2.24, 2.45) is 0 Å². The summed E-state index contributed by atoms with van der Waals surface area (Å²) < 4.78 is 0. The van der Waals surface area contributed by atoms with E-state index in [1.54, 1.807) is 0 Å². The van der Waals surface area contributed by atoms with Crippen LogP contribution in [-0.2, 0) is 6.54 Å². The predicted molar refractivity (Wildman–Crippen MR) is 69.0 cm³/mol. The van der Waals surface area contributed by atoms with Gasteiger partial charge in [-0.05, 0) is 25.5 Å². The van der Waals surface area contributed by atoms with Gasteiger partial charge in [0.25, 0.3) is 0 Å². The van der Waals surface area contributed by atoms with Gasteiger partial charge in [0.2, 0.25) is 0 Å². The first-order chi connectivity index (χ1) is 7.25. The van der Waals surface area contributed by atoms with Gasteiger partial charge in [-0.25, -0.2) is 0 Å². The first-order valence-electron chi connectivity index (χ1n) is 5.62. The maximum atomic E-state index is 4.44. The van der Waals surface area contributed by atoms with Gasteiger partial charge in [0, 0.05) is 38.4 Å². The first kappa shape index (κ1) is 13.4. The normalized spacial score (nSPS) is 21.5. The van der Waals surface area contributed by atoms with E-state index in [4.69, 9.17) is 0 Å². The zero-order chi connectivity index (χ0) is 10.7. The average molecular weight is 242 g/mol. The summed E-state index contributed by atoms with van der Waals surface area (Å²) in [5.74, 6) is 0. The van der Waals surface area contributed by atoms with Crippen LogP contribution in [0.3, 0.4) is 0 Å². The van der Waals surface area contributed by atoms with Crippen LogP contribution in [0.15, 0.2) is 18.3 Å². The summed E-state index contributed by atoms with van der Waals surface area (Å²) in [4.78, 5) is 6.93. The van der Waals surface area contributed by atoms with E-state index >= 15 is 0 Å². The van der Waals surface area contributed by atoms with Crippen LogP contribution in [0.2, 0.25) is 0 Å². The molecule has 1 saturated heterocycles. The van der Waals surface area contributed by atoms with Gasteiger partial charge in [0.1, 0.15) is 0 Å². The Labute approximate surface area is 104 Å². The Morgan fingerprint density at radius 2 is 2.31 bits per heavy atom. The summed E-state index contributed by atoms with van der Waals surface area (Å²) in [7, 11) is 0. The van der Waals surface area contributed by atoms with Gasteiger partial charge in [-0.3, -0.25) is 9.88 Å². The van der Waals surface area contributed by atoms with Crippen LogP contribution < -0.4 is 5.32 Å². The smallest absolute Gasteiger partial charge is 0.0544 e. The number of aromatic nitrogens is 1. The minimum atomic E-state index is 0. The topological polar surface area (TPSA) is 28.2 Å². The van der Waals surface area contributed by atoms with Crippen LogP contribution in [0, 0.1) is 6.92 Å². The molecule has 2 heterocycles. The van der Waals surface area contributed by atoms with E-state index in [-0.39, 0.29) is 12.4 Å². The van der Waals surface area contributed by atoms with E-state index in [0.29, 0.717) is 6.04 Å². The van der Waals surface area contributed by atoms with Crippen LogP contribution in [0.5, 0.6) is 0 Å². The Balaban J connectivity index is 0.00000128. The number of rotatable bonds is 2. The summed E-state index contributed by atoms with van der Waals surface area (Å²) in [6.45, 7) is 8.62. The summed E-state index contributed by atoms with van der Waals surface area (Å²) >= 11 is 0. The quantitative estimate of drug-likeness (QED) is 0.853. The van der Waals surface area contributed by atoms with Crippen molar-refractivity contribution in [2.45, 2.75) is 26.4 Å². The summed E-state index contributed by atoms with van der Waals surface area (Å²) in [5.41, 5.74) is 2.40. The second-order valence-electron chi connectivity index (χ2n) is 4.35. The van der Waals surface area contributed by atoms with Gasteiger partial charge < -0.3 is 5.32 Å². The highest BCUT2D eigenvalue weighted by Gasteiger charge is 2.17.